The van der Waals surface area contributed by atoms with Crippen LogP contribution in [0.15, 0.2) is 46.7 Å². The molecule has 2 N–H and O–H groups in total. The van der Waals surface area contributed by atoms with Crippen molar-refractivity contribution in [3.8, 4) is 0 Å². The summed E-state index contributed by atoms with van der Waals surface area (Å²) in [5.41, 5.74) is 0.820. The van der Waals surface area contributed by atoms with Gasteiger partial charge in [0.1, 0.15) is 0 Å². The summed E-state index contributed by atoms with van der Waals surface area (Å²) in [5, 5.41) is 7.41. The Bertz CT molecular complexity index is 685. The maximum atomic E-state index is 12.2. The first-order valence-electron chi connectivity index (χ1n) is 7.03. The second-order valence-corrected chi connectivity index (χ2v) is 7.32. The molecule has 1 aromatic heterocycles. The van der Waals surface area contributed by atoms with Crippen LogP contribution in [0, 0.1) is 0 Å². The van der Waals surface area contributed by atoms with Crippen molar-refractivity contribution in [2.45, 2.75) is 29.5 Å². The van der Waals surface area contributed by atoms with Crippen molar-refractivity contribution in [2.24, 2.45) is 0 Å². The van der Waals surface area contributed by atoms with Crippen LogP contribution in [0.2, 0.25) is 0 Å². The topological polar surface area (TPSA) is 58.2 Å². The van der Waals surface area contributed by atoms with Gasteiger partial charge in [-0.25, -0.2) is 0 Å². The smallest absolute Gasteiger partial charge is 0.238 e. The van der Waals surface area contributed by atoms with Crippen molar-refractivity contribution in [3.05, 3.63) is 46.7 Å². The number of carbonyl (C=O) groups excluding carboxylic acids is 2. The number of anilines is 1. The molecule has 2 aromatic rings. The van der Waals surface area contributed by atoms with Crippen LogP contribution in [0.3, 0.4) is 0 Å². The predicted molar refractivity (Wildman–Crippen MR) is 90.2 cm³/mol. The Balaban J connectivity index is 1.61. The van der Waals surface area contributed by atoms with Gasteiger partial charge in [-0.3, -0.25) is 9.59 Å². The molecule has 0 fully saturated rings. The average molecular weight is 332 g/mol. The number of benzene rings is 1. The van der Waals surface area contributed by atoms with Gasteiger partial charge in [0.25, 0.3) is 0 Å². The molecule has 2 heterocycles. The van der Waals surface area contributed by atoms with Gasteiger partial charge in [-0.05, 0) is 30.5 Å². The van der Waals surface area contributed by atoms with E-state index in [1.54, 1.807) is 11.3 Å². The van der Waals surface area contributed by atoms with Crippen molar-refractivity contribution in [3.63, 3.8) is 0 Å². The Kier molecular flexibility index (Phi) is 4.49. The van der Waals surface area contributed by atoms with E-state index < -0.39 is 0 Å². The van der Waals surface area contributed by atoms with Crippen molar-refractivity contribution < 1.29 is 9.59 Å². The van der Waals surface area contributed by atoms with E-state index in [-0.39, 0.29) is 29.5 Å². The summed E-state index contributed by atoms with van der Waals surface area (Å²) in [6.45, 7) is 1.95. The van der Waals surface area contributed by atoms with Gasteiger partial charge in [0.2, 0.25) is 11.8 Å². The summed E-state index contributed by atoms with van der Waals surface area (Å²) in [5.74, 6) is -0.212. The monoisotopic (exact) mass is 332 g/mol. The quantitative estimate of drug-likeness (QED) is 0.902. The zero-order valence-electron chi connectivity index (χ0n) is 12.0. The molecular formula is C16H16N2O2S2. The molecule has 0 saturated carbocycles. The molecule has 0 spiro atoms. The summed E-state index contributed by atoms with van der Waals surface area (Å²) < 4.78 is 0. The number of amides is 2. The Morgan fingerprint density at radius 2 is 2.14 bits per heavy atom. The summed E-state index contributed by atoms with van der Waals surface area (Å²) in [7, 11) is 0. The number of thioether (sulfide) groups is 1. The highest BCUT2D eigenvalue weighted by atomic mass is 32.2. The molecule has 0 saturated heterocycles. The Labute approximate surface area is 137 Å². The van der Waals surface area contributed by atoms with Crippen LogP contribution in [0.5, 0.6) is 0 Å². The van der Waals surface area contributed by atoms with Gasteiger partial charge in [0, 0.05) is 16.2 Å². The van der Waals surface area contributed by atoms with Crippen LogP contribution in [0.1, 0.15) is 24.3 Å². The van der Waals surface area contributed by atoms with Crippen molar-refractivity contribution in [1.82, 2.24) is 5.32 Å². The first-order chi connectivity index (χ1) is 10.6. The van der Waals surface area contributed by atoms with Gasteiger partial charge in [0.05, 0.1) is 17.0 Å². The van der Waals surface area contributed by atoms with E-state index in [1.165, 1.54) is 11.8 Å². The molecule has 114 valence electrons. The fourth-order valence-corrected chi connectivity index (χ4v) is 4.15. The van der Waals surface area contributed by atoms with E-state index in [4.69, 9.17) is 0 Å². The maximum absolute atomic E-state index is 12.2. The van der Waals surface area contributed by atoms with Gasteiger partial charge in [-0.1, -0.05) is 18.2 Å². The molecule has 6 heteroatoms. The molecule has 0 unspecified atom stereocenters. The highest BCUT2D eigenvalue weighted by molar-refractivity contribution is 8.01. The van der Waals surface area contributed by atoms with Gasteiger partial charge in [-0.2, -0.15) is 0 Å². The third-order valence-electron chi connectivity index (χ3n) is 3.42. The van der Waals surface area contributed by atoms with E-state index >= 15 is 0 Å². The predicted octanol–water partition coefficient (Wildman–Crippen LogP) is 3.43. The molecular weight excluding hydrogens is 316 g/mol. The normalized spacial score (nSPS) is 18.2. The Morgan fingerprint density at radius 1 is 1.32 bits per heavy atom. The zero-order chi connectivity index (χ0) is 15.5. The van der Waals surface area contributed by atoms with Crippen LogP contribution >= 0.6 is 23.1 Å². The molecule has 1 aliphatic heterocycles. The number of nitrogens with one attached hydrogen (secondary N) is 2. The van der Waals surface area contributed by atoms with E-state index in [1.807, 2.05) is 48.7 Å². The van der Waals surface area contributed by atoms with E-state index in [0.717, 1.165) is 15.5 Å². The van der Waals surface area contributed by atoms with Crippen LogP contribution in [-0.4, -0.2) is 17.1 Å². The summed E-state index contributed by atoms with van der Waals surface area (Å²) >= 11 is 3.06. The van der Waals surface area contributed by atoms with Crippen molar-refractivity contribution in [1.29, 1.82) is 0 Å². The van der Waals surface area contributed by atoms with Gasteiger partial charge in [-0.15, -0.1) is 23.1 Å². The van der Waals surface area contributed by atoms with Gasteiger partial charge < -0.3 is 10.6 Å². The summed E-state index contributed by atoms with van der Waals surface area (Å²) in [6, 6.07) is 11.6. The van der Waals surface area contributed by atoms with E-state index in [0.29, 0.717) is 0 Å². The summed E-state index contributed by atoms with van der Waals surface area (Å²) in [4.78, 5) is 26.4. The summed E-state index contributed by atoms with van der Waals surface area (Å²) in [6.07, 6.45) is 0.181. The number of fused-ring (bicyclic) bond motifs is 1. The molecule has 0 aliphatic carbocycles. The van der Waals surface area contributed by atoms with Crippen LogP contribution in [0.4, 0.5) is 5.69 Å². The second-order valence-electron chi connectivity index (χ2n) is 5.10. The Hall–Kier alpha value is -1.79. The molecule has 2 amide bonds. The fourth-order valence-electron chi connectivity index (χ4n) is 2.30. The van der Waals surface area contributed by atoms with Crippen molar-refractivity contribution in [2.75, 3.05) is 5.32 Å². The second kappa shape index (κ2) is 6.54. The number of rotatable bonds is 4. The van der Waals surface area contributed by atoms with Crippen LogP contribution in [-0.2, 0) is 9.59 Å². The fraction of sp³-hybridized carbons (Fsp3) is 0.250. The maximum Gasteiger partial charge on any atom is 0.238 e. The lowest BCUT2D eigenvalue weighted by Gasteiger charge is -2.24. The number of thiophene rings is 1. The molecule has 3 rings (SSSR count). The largest absolute Gasteiger partial charge is 0.349 e. The third-order valence-corrected chi connectivity index (χ3v) is 5.76. The van der Waals surface area contributed by atoms with Crippen LogP contribution in [0.25, 0.3) is 0 Å². The molecule has 22 heavy (non-hydrogen) atoms. The lowest BCUT2D eigenvalue weighted by molar-refractivity contribution is -0.124. The molecule has 2 atom stereocenters. The number of para-hydroxylation sites is 1. The number of carbonyl (C=O) groups is 2. The Morgan fingerprint density at radius 3 is 2.91 bits per heavy atom. The highest BCUT2D eigenvalue weighted by Gasteiger charge is 2.29. The molecule has 1 aliphatic rings. The molecule has 4 nitrogen and oxygen atoms in total. The minimum absolute atomic E-state index is 0.0311. The highest BCUT2D eigenvalue weighted by Crippen LogP contribution is 2.36. The van der Waals surface area contributed by atoms with E-state index in [9.17, 15) is 9.59 Å². The molecule has 1 aromatic carbocycles. The lowest BCUT2D eigenvalue weighted by Crippen LogP contribution is -2.35. The SMILES string of the molecule is C[C@@H](NC(=O)C[C@@H]1Sc2ccccc2NC1=O)c1cccs1. The minimum atomic E-state index is -0.384. The van der Waals surface area contributed by atoms with Crippen molar-refractivity contribution >= 4 is 40.6 Å². The minimum Gasteiger partial charge on any atom is -0.349 e. The first-order valence-corrected chi connectivity index (χ1v) is 8.79. The number of hydrogen-bond acceptors (Lipinski definition) is 4. The third kappa shape index (κ3) is 3.34. The standard InChI is InChI=1S/C16H16N2O2S2/c1-10(12-7-4-8-21-12)17-15(19)9-14-16(20)18-11-5-2-3-6-13(11)22-14/h2-8,10,14H,9H2,1H3,(H,17,19)(H,18,20)/t10-,14+/m1/s1. The number of hydrogen-bond donors (Lipinski definition) is 2. The average Bonchev–Trinajstić information content (AvgIpc) is 3.02. The molecule has 0 radical (unpaired) electrons. The zero-order valence-corrected chi connectivity index (χ0v) is 13.7. The lowest BCUT2D eigenvalue weighted by atomic mass is 10.2. The first kappa shape index (κ1) is 15.1. The van der Waals surface area contributed by atoms with Gasteiger partial charge in [0.15, 0.2) is 0 Å². The van der Waals surface area contributed by atoms with Crippen LogP contribution < -0.4 is 10.6 Å². The molecule has 0 bridgehead atoms. The van der Waals surface area contributed by atoms with Gasteiger partial charge >= 0.3 is 0 Å². The van der Waals surface area contributed by atoms with E-state index in [2.05, 4.69) is 10.6 Å².